The van der Waals surface area contributed by atoms with E-state index in [-0.39, 0.29) is 0 Å². The third-order valence-corrected chi connectivity index (χ3v) is 2.06. The number of hydrogen-bond acceptors (Lipinski definition) is 3. The zero-order valence-corrected chi connectivity index (χ0v) is 9.05. The lowest BCUT2D eigenvalue weighted by Gasteiger charge is -2.07. The van der Waals surface area contributed by atoms with Crippen molar-refractivity contribution in [1.29, 1.82) is 0 Å². The molecule has 0 bridgehead atoms. The monoisotopic (exact) mass is 214 g/mol. The summed E-state index contributed by atoms with van der Waals surface area (Å²) in [4.78, 5) is 3.91. The molecule has 0 aliphatic rings. The van der Waals surface area contributed by atoms with Crippen LogP contribution in [-0.4, -0.2) is 24.7 Å². The zero-order valence-electron chi connectivity index (χ0n) is 8.29. The molecule has 0 atom stereocenters. The summed E-state index contributed by atoms with van der Waals surface area (Å²) in [5.74, 6) is 0. The molecule has 3 nitrogen and oxygen atoms in total. The minimum Gasteiger partial charge on any atom is -0.384 e. The molecule has 0 amide bonds. The van der Waals surface area contributed by atoms with Crippen LogP contribution in [0.15, 0.2) is 18.5 Å². The molecular formula is C10H15ClN2O. The van der Waals surface area contributed by atoms with Crippen LogP contribution in [0.5, 0.6) is 0 Å². The Morgan fingerprint density at radius 1 is 1.57 bits per heavy atom. The van der Waals surface area contributed by atoms with Gasteiger partial charge in [-0.05, 0) is 19.4 Å². The molecule has 1 rings (SSSR count). The molecule has 78 valence electrons. The van der Waals surface area contributed by atoms with E-state index in [1.54, 1.807) is 12.4 Å². The van der Waals surface area contributed by atoms with Crippen LogP contribution >= 0.6 is 11.6 Å². The Bertz CT molecular complexity index is 268. The highest BCUT2D eigenvalue weighted by Gasteiger charge is 1.96. The summed E-state index contributed by atoms with van der Waals surface area (Å²) in [6, 6.07) is 1.86. The van der Waals surface area contributed by atoms with Gasteiger partial charge in [-0.3, -0.25) is 4.98 Å². The molecular weight excluding hydrogens is 200 g/mol. The first kappa shape index (κ1) is 11.3. The van der Waals surface area contributed by atoms with Gasteiger partial charge >= 0.3 is 0 Å². The van der Waals surface area contributed by atoms with Crippen molar-refractivity contribution in [3.63, 3.8) is 0 Å². The molecule has 0 saturated heterocycles. The van der Waals surface area contributed by atoms with Crippen LogP contribution in [0.25, 0.3) is 0 Å². The lowest BCUT2D eigenvalue weighted by molar-refractivity contribution is 0.147. The molecule has 0 saturated carbocycles. The van der Waals surface area contributed by atoms with Gasteiger partial charge in [0.15, 0.2) is 0 Å². The average Bonchev–Trinajstić information content (AvgIpc) is 2.20. The van der Waals surface area contributed by atoms with Gasteiger partial charge in [-0.25, -0.2) is 0 Å². The summed E-state index contributed by atoms with van der Waals surface area (Å²) in [6.07, 6.45) is 4.33. The van der Waals surface area contributed by atoms with Gasteiger partial charge in [0, 0.05) is 32.2 Å². The largest absolute Gasteiger partial charge is 0.384 e. The van der Waals surface area contributed by atoms with Gasteiger partial charge in [0.05, 0.1) is 10.7 Å². The number of ether oxygens (including phenoxy) is 1. The summed E-state index contributed by atoms with van der Waals surface area (Å²) < 4.78 is 5.22. The maximum atomic E-state index is 5.91. The fourth-order valence-electron chi connectivity index (χ4n) is 1.06. The average molecular weight is 215 g/mol. The van der Waals surface area contributed by atoms with Gasteiger partial charge in [-0.2, -0.15) is 0 Å². The van der Waals surface area contributed by atoms with Crippen molar-refractivity contribution in [2.24, 2.45) is 0 Å². The molecule has 0 fully saturated rings. The van der Waals surface area contributed by atoms with Gasteiger partial charge in [0.1, 0.15) is 0 Å². The molecule has 0 spiro atoms. The zero-order chi connectivity index (χ0) is 10.2. The molecule has 1 heterocycles. The van der Waals surface area contributed by atoms with Gasteiger partial charge < -0.3 is 10.1 Å². The van der Waals surface area contributed by atoms with Crippen LogP contribution < -0.4 is 5.32 Å². The number of pyridine rings is 1. The molecule has 0 aromatic carbocycles. The fraction of sp³-hybridized carbons (Fsp3) is 0.500. The number of anilines is 1. The summed E-state index contributed by atoms with van der Waals surface area (Å²) in [5.41, 5.74) is 0.929. The predicted octanol–water partition coefficient (Wildman–Crippen LogP) is 2.57. The SMILES string of the molecule is CCOCCCNc1ccncc1Cl. The number of nitrogens with one attached hydrogen (secondary N) is 1. The van der Waals surface area contributed by atoms with Gasteiger partial charge in [0.2, 0.25) is 0 Å². The van der Waals surface area contributed by atoms with Gasteiger partial charge in [-0.15, -0.1) is 0 Å². The minimum absolute atomic E-state index is 0.656. The number of halogens is 1. The second-order valence-electron chi connectivity index (χ2n) is 2.83. The van der Waals surface area contributed by atoms with E-state index in [1.165, 1.54) is 0 Å². The Morgan fingerprint density at radius 2 is 2.43 bits per heavy atom. The summed E-state index contributed by atoms with van der Waals surface area (Å²) >= 11 is 5.91. The molecule has 1 N–H and O–H groups in total. The van der Waals surface area contributed by atoms with Crippen LogP contribution in [0.1, 0.15) is 13.3 Å². The Morgan fingerprint density at radius 3 is 3.14 bits per heavy atom. The van der Waals surface area contributed by atoms with E-state index in [4.69, 9.17) is 16.3 Å². The van der Waals surface area contributed by atoms with E-state index in [9.17, 15) is 0 Å². The van der Waals surface area contributed by atoms with E-state index in [0.717, 1.165) is 31.9 Å². The van der Waals surface area contributed by atoms with Crippen LogP contribution in [0.2, 0.25) is 5.02 Å². The number of aromatic nitrogens is 1. The fourth-order valence-corrected chi connectivity index (χ4v) is 1.25. The van der Waals surface area contributed by atoms with E-state index < -0.39 is 0 Å². The number of nitrogens with zero attached hydrogens (tertiary/aromatic N) is 1. The van der Waals surface area contributed by atoms with Crippen molar-refractivity contribution >= 4 is 17.3 Å². The second-order valence-corrected chi connectivity index (χ2v) is 3.24. The van der Waals surface area contributed by atoms with Crippen molar-refractivity contribution < 1.29 is 4.74 Å². The molecule has 1 aromatic heterocycles. The van der Waals surface area contributed by atoms with Crippen LogP contribution in [0, 0.1) is 0 Å². The van der Waals surface area contributed by atoms with Gasteiger partial charge in [0.25, 0.3) is 0 Å². The molecule has 1 aromatic rings. The van der Waals surface area contributed by atoms with Crippen molar-refractivity contribution in [2.75, 3.05) is 25.1 Å². The maximum absolute atomic E-state index is 5.91. The van der Waals surface area contributed by atoms with E-state index in [0.29, 0.717) is 5.02 Å². The molecule has 0 aliphatic heterocycles. The first-order valence-corrected chi connectivity index (χ1v) is 5.13. The van der Waals surface area contributed by atoms with E-state index >= 15 is 0 Å². The highest BCUT2D eigenvalue weighted by atomic mass is 35.5. The smallest absolute Gasteiger partial charge is 0.0820 e. The third kappa shape index (κ3) is 3.94. The van der Waals surface area contributed by atoms with Crippen molar-refractivity contribution in [3.8, 4) is 0 Å². The highest BCUT2D eigenvalue weighted by Crippen LogP contribution is 2.18. The van der Waals surface area contributed by atoms with Crippen LogP contribution in [0.4, 0.5) is 5.69 Å². The Hall–Kier alpha value is -0.800. The Kier molecular flexibility index (Phi) is 5.33. The van der Waals surface area contributed by atoms with Crippen molar-refractivity contribution in [3.05, 3.63) is 23.5 Å². The third-order valence-electron chi connectivity index (χ3n) is 1.76. The number of hydrogen-bond donors (Lipinski definition) is 1. The minimum atomic E-state index is 0.656. The first-order chi connectivity index (χ1) is 6.84. The Labute approximate surface area is 89.4 Å². The molecule has 0 unspecified atom stereocenters. The van der Waals surface area contributed by atoms with Crippen LogP contribution in [-0.2, 0) is 4.74 Å². The molecule has 0 radical (unpaired) electrons. The molecule has 4 heteroatoms. The summed E-state index contributed by atoms with van der Waals surface area (Å²) in [6.45, 7) is 4.42. The van der Waals surface area contributed by atoms with E-state index in [2.05, 4.69) is 10.3 Å². The molecule has 14 heavy (non-hydrogen) atoms. The maximum Gasteiger partial charge on any atom is 0.0820 e. The normalized spacial score (nSPS) is 10.1. The highest BCUT2D eigenvalue weighted by molar-refractivity contribution is 6.33. The van der Waals surface area contributed by atoms with Crippen molar-refractivity contribution in [1.82, 2.24) is 4.98 Å². The standard InChI is InChI=1S/C10H15ClN2O/c1-2-14-7-3-5-13-10-4-6-12-8-9(10)11/h4,6,8H,2-3,5,7H2,1H3,(H,12,13). The summed E-state index contributed by atoms with van der Waals surface area (Å²) in [7, 11) is 0. The predicted molar refractivity (Wildman–Crippen MR) is 58.8 cm³/mol. The van der Waals surface area contributed by atoms with Gasteiger partial charge in [-0.1, -0.05) is 11.6 Å². The quantitative estimate of drug-likeness (QED) is 0.740. The lowest BCUT2D eigenvalue weighted by atomic mass is 10.3. The Balaban J connectivity index is 2.21. The van der Waals surface area contributed by atoms with Crippen molar-refractivity contribution in [2.45, 2.75) is 13.3 Å². The number of rotatable bonds is 6. The topological polar surface area (TPSA) is 34.1 Å². The second kappa shape index (κ2) is 6.62. The van der Waals surface area contributed by atoms with E-state index in [1.807, 2.05) is 13.0 Å². The summed E-state index contributed by atoms with van der Waals surface area (Å²) in [5, 5.41) is 3.88. The first-order valence-electron chi connectivity index (χ1n) is 4.75. The van der Waals surface area contributed by atoms with Crippen LogP contribution in [0.3, 0.4) is 0 Å². The molecule has 0 aliphatic carbocycles. The lowest BCUT2D eigenvalue weighted by Crippen LogP contribution is -2.05.